The summed E-state index contributed by atoms with van der Waals surface area (Å²) in [5, 5.41) is 5.07. The largest absolute Gasteiger partial charge is 0.370 e. The molecule has 2 aliphatic heterocycles. The van der Waals surface area contributed by atoms with E-state index in [1.165, 1.54) is 12.1 Å². The zero-order valence-corrected chi connectivity index (χ0v) is 17.3. The van der Waals surface area contributed by atoms with Crippen molar-refractivity contribution in [3.63, 3.8) is 0 Å². The zero-order valence-electron chi connectivity index (χ0n) is 15.8. The van der Waals surface area contributed by atoms with Crippen LogP contribution in [0.4, 0.5) is 20.5 Å². The minimum atomic E-state index is -0.810. The minimum absolute atomic E-state index is 0.0163. The number of aromatic nitrogens is 3. The fourth-order valence-electron chi connectivity index (χ4n) is 4.35. The third-order valence-electron chi connectivity index (χ3n) is 5.63. The van der Waals surface area contributed by atoms with E-state index in [2.05, 4.69) is 20.0 Å². The van der Waals surface area contributed by atoms with Gasteiger partial charge in [0.1, 0.15) is 0 Å². The molecule has 6 nitrogen and oxygen atoms in total. The fraction of sp³-hybridized carbons (Fsp3) is 0.350. The summed E-state index contributed by atoms with van der Waals surface area (Å²) in [6.45, 7) is 2.95. The Balaban J connectivity index is 1.30. The molecule has 0 bridgehead atoms. The summed E-state index contributed by atoms with van der Waals surface area (Å²) in [6.07, 6.45) is 1.99. The standard InChI is InChI=1S/C20H17Cl2F2N5O/c21-13-4-12(5-14(22)6-13)18-26-19(30-27-18)28-3-1-2-20(9-28)10-29(11-20)15-7-16(23)25-17(24)8-15/h4-8H,1-3,9-11H2. The van der Waals surface area contributed by atoms with Crippen LogP contribution < -0.4 is 9.80 Å². The number of hydrogen-bond donors (Lipinski definition) is 0. The summed E-state index contributed by atoms with van der Waals surface area (Å²) in [5.41, 5.74) is 1.22. The van der Waals surface area contributed by atoms with Gasteiger partial charge < -0.3 is 14.3 Å². The van der Waals surface area contributed by atoms with Crippen LogP contribution in [0.5, 0.6) is 0 Å². The number of nitrogens with zero attached hydrogens (tertiary/aromatic N) is 5. The van der Waals surface area contributed by atoms with Crippen molar-refractivity contribution in [3.8, 4) is 11.4 Å². The molecule has 0 radical (unpaired) electrons. The van der Waals surface area contributed by atoms with Crippen molar-refractivity contribution in [2.24, 2.45) is 5.41 Å². The summed E-state index contributed by atoms with van der Waals surface area (Å²) in [5.74, 6) is -1.20. The van der Waals surface area contributed by atoms with Gasteiger partial charge in [0.2, 0.25) is 17.7 Å². The van der Waals surface area contributed by atoms with Crippen molar-refractivity contribution in [1.29, 1.82) is 0 Å². The third-order valence-corrected chi connectivity index (χ3v) is 6.07. The highest BCUT2D eigenvalue weighted by Crippen LogP contribution is 2.42. The molecule has 0 atom stereocenters. The lowest BCUT2D eigenvalue weighted by Gasteiger charge is -2.55. The summed E-state index contributed by atoms with van der Waals surface area (Å²) in [4.78, 5) is 11.7. The Bertz CT molecular complexity index is 1060. The van der Waals surface area contributed by atoms with Crippen molar-refractivity contribution in [2.75, 3.05) is 36.0 Å². The monoisotopic (exact) mass is 451 g/mol. The third kappa shape index (κ3) is 3.70. The highest BCUT2D eigenvalue weighted by atomic mass is 35.5. The van der Waals surface area contributed by atoms with Crippen LogP contribution in [0.3, 0.4) is 0 Å². The van der Waals surface area contributed by atoms with E-state index in [1.54, 1.807) is 18.2 Å². The molecule has 0 unspecified atom stereocenters. The highest BCUT2D eigenvalue weighted by molar-refractivity contribution is 6.35. The molecule has 156 valence electrons. The van der Waals surface area contributed by atoms with Gasteiger partial charge in [0.25, 0.3) is 0 Å². The summed E-state index contributed by atoms with van der Waals surface area (Å²) in [7, 11) is 0. The molecule has 0 saturated carbocycles. The van der Waals surface area contributed by atoms with Crippen LogP contribution in [0.15, 0.2) is 34.9 Å². The predicted molar refractivity (Wildman–Crippen MR) is 110 cm³/mol. The van der Waals surface area contributed by atoms with E-state index in [0.29, 0.717) is 46.2 Å². The van der Waals surface area contributed by atoms with E-state index in [0.717, 1.165) is 25.9 Å². The average Bonchev–Trinajstić information content (AvgIpc) is 3.15. The number of halogens is 4. The summed E-state index contributed by atoms with van der Waals surface area (Å²) >= 11 is 12.1. The van der Waals surface area contributed by atoms with Crippen LogP contribution in [-0.4, -0.2) is 41.3 Å². The summed E-state index contributed by atoms with van der Waals surface area (Å²) < 4.78 is 32.4. The van der Waals surface area contributed by atoms with Crippen molar-refractivity contribution in [1.82, 2.24) is 15.1 Å². The lowest BCUT2D eigenvalue weighted by molar-refractivity contribution is 0.169. The molecule has 2 aromatic heterocycles. The summed E-state index contributed by atoms with van der Waals surface area (Å²) in [6, 6.07) is 8.07. The predicted octanol–water partition coefficient (Wildman–Crippen LogP) is 4.82. The molecule has 0 aliphatic carbocycles. The lowest BCUT2D eigenvalue weighted by Crippen LogP contribution is -2.63. The van der Waals surface area contributed by atoms with Crippen molar-refractivity contribution in [3.05, 3.63) is 52.3 Å². The molecule has 2 fully saturated rings. The van der Waals surface area contributed by atoms with Crippen LogP contribution in [0, 0.1) is 17.3 Å². The number of benzene rings is 1. The zero-order chi connectivity index (χ0) is 20.9. The minimum Gasteiger partial charge on any atom is -0.370 e. The Morgan fingerprint density at radius 2 is 1.57 bits per heavy atom. The lowest BCUT2D eigenvalue weighted by atomic mass is 9.73. The molecular weight excluding hydrogens is 435 g/mol. The first-order chi connectivity index (χ1) is 14.4. The molecule has 5 rings (SSSR count). The van der Waals surface area contributed by atoms with E-state index in [1.807, 2.05) is 4.90 Å². The van der Waals surface area contributed by atoms with E-state index in [4.69, 9.17) is 27.7 Å². The molecule has 10 heteroatoms. The van der Waals surface area contributed by atoms with Gasteiger partial charge in [0.15, 0.2) is 0 Å². The first-order valence-corrected chi connectivity index (χ1v) is 10.3. The van der Waals surface area contributed by atoms with Crippen LogP contribution in [0.25, 0.3) is 11.4 Å². The van der Waals surface area contributed by atoms with E-state index >= 15 is 0 Å². The first kappa shape index (κ1) is 19.5. The van der Waals surface area contributed by atoms with Crippen LogP contribution in [-0.2, 0) is 0 Å². The smallest absolute Gasteiger partial charge is 0.324 e. The topological polar surface area (TPSA) is 58.3 Å². The van der Waals surface area contributed by atoms with Gasteiger partial charge in [-0.05, 0) is 31.0 Å². The fourth-order valence-corrected chi connectivity index (χ4v) is 4.88. The number of piperidine rings is 1. The normalized spacial score (nSPS) is 18.0. The van der Waals surface area contributed by atoms with Gasteiger partial charge in [-0.15, -0.1) is 0 Å². The Morgan fingerprint density at radius 1 is 0.900 bits per heavy atom. The first-order valence-electron chi connectivity index (χ1n) is 9.52. The van der Waals surface area contributed by atoms with Gasteiger partial charge in [0, 0.05) is 65.0 Å². The molecule has 1 spiro atoms. The molecule has 30 heavy (non-hydrogen) atoms. The molecule has 1 aromatic carbocycles. The second-order valence-corrected chi connectivity index (χ2v) is 8.78. The Hall–Kier alpha value is -2.45. The van der Waals surface area contributed by atoms with Crippen LogP contribution in [0.2, 0.25) is 10.0 Å². The van der Waals surface area contributed by atoms with Crippen molar-refractivity contribution >= 4 is 34.9 Å². The van der Waals surface area contributed by atoms with E-state index in [-0.39, 0.29) is 5.41 Å². The van der Waals surface area contributed by atoms with Gasteiger partial charge in [-0.25, -0.2) is 0 Å². The second kappa shape index (κ2) is 7.35. The highest BCUT2D eigenvalue weighted by Gasteiger charge is 2.46. The Morgan fingerprint density at radius 3 is 2.27 bits per heavy atom. The molecule has 0 amide bonds. The number of pyridine rings is 1. The van der Waals surface area contributed by atoms with Gasteiger partial charge in [-0.3, -0.25) is 0 Å². The van der Waals surface area contributed by atoms with Crippen LogP contribution >= 0.6 is 23.2 Å². The van der Waals surface area contributed by atoms with Gasteiger partial charge in [-0.1, -0.05) is 28.4 Å². The molecule has 2 aliphatic rings. The average molecular weight is 452 g/mol. The number of rotatable bonds is 3. The second-order valence-electron chi connectivity index (χ2n) is 7.91. The number of anilines is 2. The Labute approximate surface area is 181 Å². The SMILES string of the molecule is Fc1cc(N2CC3(CCCN(c4nc(-c5cc(Cl)cc(Cl)c5)no4)C3)C2)cc(F)n1. The maximum absolute atomic E-state index is 13.4. The van der Waals surface area contributed by atoms with Gasteiger partial charge in [-0.2, -0.15) is 18.7 Å². The van der Waals surface area contributed by atoms with Crippen molar-refractivity contribution < 1.29 is 13.3 Å². The quantitative estimate of drug-likeness (QED) is 0.531. The molecule has 2 saturated heterocycles. The maximum atomic E-state index is 13.4. The Kier molecular flexibility index (Phi) is 4.78. The molecule has 4 heterocycles. The van der Waals surface area contributed by atoms with Gasteiger partial charge in [0.05, 0.1) is 0 Å². The van der Waals surface area contributed by atoms with E-state index < -0.39 is 11.9 Å². The molecule has 3 aromatic rings. The van der Waals surface area contributed by atoms with Crippen molar-refractivity contribution in [2.45, 2.75) is 12.8 Å². The molecular formula is C20H17Cl2F2N5O. The maximum Gasteiger partial charge on any atom is 0.324 e. The number of hydrogen-bond acceptors (Lipinski definition) is 6. The van der Waals surface area contributed by atoms with Gasteiger partial charge >= 0.3 is 6.01 Å². The van der Waals surface area contributed by atoms with Crippen LogP contribution in [0.1, 0.15) is 12.8 Å². The molecule has 0 N–H and O–H groups in total. The van der Waals surface area contributed by atoms with E-state index in [9.17, 15) is 8.78 Å².